The van der Waals surface area contributed by atoms with Crippen LogP contribution in [0.5, 0.6) is 0 Å². The van der Waals surface area contributed by atoms with E-state index in [2.05, 4.69) is 23.5 Å². The molecule has 0 unspecified atom stereocenters. The van der Waals surface area contributed by atoms with Gasteiger partial charge in [0.05, 0.1) is 12.0 Å². The lowest BCUT2D eigenvalue weighted by molar-refractivity contribution is -0.153. The first-order valence-corrected chi connectivity index (χ1v) is 9.09. The maximum Gasteiger partial charge on any atom is 0.309 e. The molecule has 1 saturated carbocycles. The average molecular weight is 339 g/mol. The van der Waals surface area contributed by atoms with E-state index in [0.717, 1.165) is 42.0 Å². The van der Waals surface area contributed by atoms with Gasteiger partial charge in [-0.15, -0.1) is 0 Å². The molecule has 0 spiro atoms. The van der Waals surface area contributed by atoms with Crippen LogP contribution in [0.1, 0.15) is 50.6 Å². The van der Waals surface area contributed by atoms with Crippen LogP contribution in [0.25, 0.3) is 10.8 Å². The molecule has 1 amide bonds. The predicted molar refractivity (Wildman–Crippen MR) is 98.0 cm³/mol. The molecule has 1 fully saturated rings. The van der Waals surface area contributed by atoms with E-state index in [1.54, 1.807) is 0 Å². The number of carbonyl (C=O) groups is 2. The first kappa shape index (κ1) is 17.5. The molecule has 0 radical (unpaired) electrons. The lowest BCUT2D eigenvalue weighted by Gasteiger charge is -2.20. The van der Waals surface area contributed by atoms with Crippen molar-refractivity contribution in [1.29, 1.82) is 0 Å². The average Bonchev–Trinajstić information content (AvgIpc) is 2.66. The van der Waals surface area contributed by atoms with Gasteiger partial charge in [-0.05, 0) is 36.1 Å². The van der Waals surface area contributed by atoms with Gasteiger partial charge >= 0.3 is 5.97 Å². The van der Waals surface area contributed by atoms with Gasteiger partial charge in [0, 0.05) is 0 Å². The first-order chi connectivity index (χ1) is 12.1. The van der Waals surface area contributed by atoms with Crippen molar-refractivity contribution in [2.45, 2.75) is 45.1 Å². The molecular weight excluding hydrogens is 314 g/mol. The minimum absolute atomic E-state index is 0.0305. The maximum absolute atomic E-state index is 12.2. The zero-order valence-corrected chi connectivity index (χ0v) is 14.7. The zero-order valence-electron chi connectivity index (χ0n) is 14.7. The molecule has 2 aromatic carbocycles. The number of carbonyl (C=O) groups excluding carboxylic acids is 2. The number of benzene rings is 2. The Balaban J connectivity index is 1.56. The van der Waals surface area contributed by atoms with Crippen molar-refractivity contribution in [2.24, 2.45) is 5.92 Å². The monoisotopic (exact) mass is 339 g/mol. The number of ether oxygens (including phenoxy) is 1. The molecule has 1 N–H and O–H groups in total. The Morgan fingerprint density at radius 2 is 1.80 bits per heavy atom. The number of hydrogen-bond acceptors (Lipinski definition) is 3. The van der Waals surface area contributed by atoms with Crippen molar-refractivity contribution in [3.8, 4) is 0 Å². The number of hydrogen-bond donors (Lipinski definition) is 1. The highest BCUT2D eigenvalue weighted by atomic mass is 16.5. The van der Waals surface area contributed by atoms with Crippen molar-refractivity contribution in [1.82, 2.24) is 5.32 Å². The normalized spacial score (nSPS) is 16.4. The van der Waals surface area contributed by atoms with Gasteiger partial charge in [0.2, 0.25) is 0 Å². The van der Waals surface area contributed by atoms with Crippen LogP contribution in [0.3, 0.4) is 0 Å². The highest BCUT2D eigenvalue weighted by Crippen LogP contribution is 2.25. The molecule has 1 atom stereocenters. The summed E-state index contributed by atoms with van der Waals surface area (Å²) in [6, 6.07) is 14.0. The fraction of sp³-hybridized carbons (Fsp3) is 0.429. The van der Waals surface area contributed by atoms with Gasteiger partial charge in [0.25, 0.3) is 5.91 Å². The third kappa shape index (κ3) is 4.38. The summed E-state index contributed by atoms with van der Waals surface area (Å²) in [5.41, 5.74) is 1.06. The van der Waals surface area contributed by atoms with Crippen LogP contribution in [0.15, 0.2) is 42.5 Å². The molecule has 25 heavy (non-hydrogen) atoms. The highest BCUT2D eigenvalue weighted by molar-refractivity contribution is 5.87. The van der Waals surface area contributed by atoms with E-state index in [1.165, 1.54) is 6.42 Å². The summed E-state index contributed by atoms with van der Waals surface area (Å²) in [5.74, 6) is -0.519. The van der Waals surface area contributed by atoms with E-state index in [0.29, 0.717) is 0 Å². The summed E-state index contributed by atoms with van der Waals surface area (Å²) in [6.45, 7) is 1.74. The predicted octanol–water partition coefficient (Wildman–Crippen LogP) is 4.14. The van der Waals surface area contributed by atoms with Crippen LogP contribution in [0.2, 0.25) is 0 Å². The molecule has 0 bridgehead atoms. The molecule has 0 aliphatic heterocycles. The van der Waals surface area contributed by atoms with Crippen LogP contribution in [0, 0.1) is 5.92 Å². The molecule has 0 aromatic heterocycles. The Labute approximate surface area is 148 Å². The molecule has 1 aliphatic carbocycles. The number of fused-ring (bicyclic) bond motifs is 1. The minimum Gasteiger partial charge on any atom is -0.455 e. The Morgan fingerprint density at radius 3 is 2.60 bits per heavy atom. The van der Waals surface area contributed by atoms with Crippen LogP contribution in [-0.4, -0.2) is 18.5 Å². The molecule has 1 aliphatic rings. The molecule has 132 valence electrons. The van der Waals surface area contributed by atoms with Crippen molar-refractivity contribution < 1.29 is 14.3 Å². The largest absolute Gasteiger partial charge is 0.455 e. The topological polar surface area (TPSA) is 55.4 Å². The second kappa shape index (κ2) is 8.15. The summed E-state index contributed by atoms with van der Waals surface area (Å²) < 4.78 is 5.22. The van der Waals surface area contributed by atoms with Gasteiger partial charge < -0.3 is 10.1 Å². The van der Waals surface area contributed by atoms with Gasteiger partial charge in [-0.3, -0.25) is 9.59 Å². The van der Waals surface area contributed by atoms with Crippen molar-refractivity contribution in [3.63, 3.8) is 0 Å². The van der Waals surface area contributed by atoms with E-state index in [-0.39, 0.29) is 30.4 Å². The van der Waals surface area contributed by atoms with E-state index < -0.39 is 0 Å². The van der Waals surface area contributed by atoms with Gasteiger partial charge in [-0.1, -0.05) is 61.7 Å². The minimum atomic E-state index is -0.260. The summed E-state index contributed by atoms with van der Waals surface area (Å²) in [7, 11) is 0. The summed E-state index contributed by atoms with van der Waals surface area (Å²) >= 11 is 0. The smallest absolute Gasteiger partial charge is 0.309 e. The molecule has 4 nitrogen and oxygen atoms in total. The van der Waals surface area contributed by atoms with E-state index in [4.69, 9.17) is 4.74 Å². The van der Waals surface area contributed by atoms with Crippen molar-refractivity contribution in [3.05, 3.63) is 48.0 Å². The molecule has 2 aromatic rings. The summed E-state index contributed by atoms with van der Waals surface area (Å²) in [4.78, 5) is 24.2. The fourth-order valence-corrected chi connectivity index (χ4v) is 3.58. The van der Waals surface area contributed by atoms with Crippen LogP contribution in [-0.2, 0) is 14.3 Å². The molecular formula is C21H25NO3. The van der Waals surface area contributed by atoms with E-state index >= 15 is 0 Å². The molecule has 4 heteroatoms. The van der Waals surface area contributed by atoms with Crippen molar-refractivity contribution >= 4 is 22.6 Å². The SMILES string of the molecule is C[C@@H](NC(=O)COC(=O)C1CCCCC1)c1cccc2ccccc12. The number of amides is 1. The number of nitrogens with one attached hydrogen (secondary N) is 1. The number of esters is 1. The quantitative estimate of drug-likeness (QED) is 0.833. The Bertz CT molecular complexity index is 744. The third-order valence-corrected chi connectivity index (χ3v) is 4.95. The number of rotatable bonds is 5. The third-order valence-electron chi connectivity index (χ3n) is 4.95. The lowest BCUT2D eigenvalue weighted by Crippen LogP contribution is -2.32. The Morgan fingerprint density at radius 1 is 1.08 bits per heavy atom. The van der Waals surface area contributed by atoms with Gasteiger partial charge in [-0.25, -0.2) is 0 Å². The Hall–Kier alpha value is -2.36. The zero-order chi connectivity index (χ0) is 17.6. The van der Waals surface area contributed by atoms with Crippen LogP contribution in [0.4, 0.5) is 0 Å². The van der Waals surface area contributed by atoms with E-state index in [9.17, 15) is 9.59 Å². The summed E-state index contributed by atoms with van der Waals surface area (Å²) in [5, 5.41) is 5.20. The second-order valence-electron chi connectivity index (χ2n) is 6.80. The van der Waals surface area contributed by atoms with Crippen LogP contribution < -0.4 is 5.32 Å². The molecule has 0 saturated heterocycles. The van der Waals surface area contributed by atoms with Gasteiger partial charge in [0.15, 0.2) is 6.61 Å². The van der Waals surface area contributed by atoms with Crippen molar-refractivity contribution in [2.75, 3.05) is 6.61 Å². The Kier molecular flexibility index (Phi) is 5.69. The van der Waals surface area contributed by atoms with E-state index in [1.807, 2.05) is 31.2 Å². The fourth-order valence-electron chi connectivity index (χ4n) is 3.58. The lowest BCUT2D eigenvalue weighted by atomic mass is 9.89. The van der Waals surface area contributed by atoms with Crippen LogP contribution >= 0.6 is 0 Å². The molecule has 3 rings (SSSR count). The first-order valence-electron chi connectivity index (χ1n) is 9.09. The standard InChI is InChI=1S/C21H25NO3/c1-15(18-13-7-11-16-8-5-6-12-19(16)18)22-20(23)14-25-21(24)17-9-3-2-4-10-17/h5-8,11-13,15,17H,2-4,9-10,14H2,1H3,(H,22,23)/t15-/m1/s1. The highest BCUT2D eigenvalue weighted by Gasteiger charge is 2.23. The maximum atomic E-state index is 12.2. The van der Waals surface area contributed by atoms with Gasteiger partial charge in [-0.2, -0.15) is 0 Å². The van der Waals surface area contributed by atoms with Gasteiger partial charge in [0.1, 0.15) is 0 Å². The molecule has 0 heterocycles. The summed E-state index contributed by atoms with van der Waals surface area (Å²) in [6.07, 6.45) is 5.10. The second-order valence-corrected chi connectivity index (χ2v) is 6.80.